The lowest BCUT2D eigenvalue weighted by atomic mass is 10.2. The topological polar surface area (TPSA) is 63.6 Å². The van der Waals surface area contributed by atoms with Crippen LogP contribution in [0.15, 0.2) is 36.5 Å². The summed E-state index contributed by atoms with van der Waals surface area (Å²) in [5.74, 6) is 0.485. The molecule has 1 fully saturated rings. The minimum Gasteiger partial charge on any atom is -0.494 e. The lowest BCUT2D eigenvalue weighted by Crippen LogP contribution is -2.24. The molecule has 120 valence electrons. The van der Waals surface area contributed by atoms with Crippen molar-refractivity contribution in [1.82, 2.24) is 4.57 Å². The first kappa shape index (κ1) is 15.1. The Balaban J connectivity index is 1.83. The van der Waals surface area contributed by atoms with Crippen LogP contribution >= 0.6 is 0 Å². The number of hydrogen-bond acceptors (Lipinski definition) is 3. The second-order valence-electron chi connectivity index (χ2n) is 5.49. The van der Waals surface area contributed by atoms with Gasteiger partial charge in [-0.15, -0.1) is 0 Å². The van der Waals surface area contributed by atoms with Gasteiger partial charge in [0.05, 0.1) is 12.8 Å². The molecule has 2 amide bonds. The molecule has 1 aliphatic heterocycles. The summed E-state index contributed by atoms with van der Waals surface area (Å²) in [6, 6.07) is 8.90. The minimum atomic E-state index is -0.190. The number of anilines is 2. The van der Waals surface area contributed by atoms with Crippen molar-refractivity contribution in [1.29, 1.82) is 0 Å². The molecule has 2 heterocycles. The molecule has 0 saturated carbocycles. The van der Waals surface area contributed by atoms with E-state index in [1.54, 1.807) is 34.8 Å². The Bertz CT molecular complexity index is 751. The Morgan fingerprint density at radius 3 is 2.74 bits per heavy atom. The van der Waals surface area contributed by atoms with Gasteiger partial charge in [0.15, 0.2) is 0 Å². The summed E-state index contributed by atoms with van der Waals surface area (Å²) in [5, 5.41) is 2.85. The van der Waals surface area contributed by atoms with Crippen LogP contribution in [0, 0.1) is 0 Å². The van der Waals surface area contributed by atoms with Gasteiger partial charge in [0, 0.05) is 38.0 Å². The summed E-state index contributed by atoms with van der Waals surface area (Å²) < 4.78 is 7.15. The van der Waals surface area contributed by atoms with Crippen LogP contribution in [0.5, 0.6) is 5.75 Å². The van der Waals surface area contributed by atoms with Gasteiger partial charge in [-0.3, -0.25) is 9.59 Å². The van der Waals surface area contributed by atoms with Crippen molar-refractivity contribution in [2.75, 3.05) is 23.9 Å². The molecule has 1 N–H and O–H groups in total. The molecule has 2 aromatic rings. The second-order valence-corrected chi connectivity index (χ2v) is 5.49. The molecule has 0 bridgehead atoms. The van der Waals surface area contributed by atoms with Crippen LogP contribution in [0.3, 0.4) is 0 Å². The number of rotatable bonds is 4. The lowest BCUT2D eigenvalue weighted by molar-refractivity contribution is -0.117. The largest absolute Gasteiger partial charge is 0.494 e. The van der Waals surface area contributed by atoms with Crippen molar-refractivity contribution < 1.29 is 14.3 Å². The first-order valence-corrected chi connectivity index (χ1v) is 7.51. The van der Waals surface area contributed by atoms with Crippen LogP contribution < -0.4 is 15.0 Å². The highest BCUT2D eigenvalue weighted by atomic mass is 16.5. The average Bonchev–Trinajstić information content (AvgIpc) is 3.15. The van der Waals surface area contributed by atoms with Gasteiger partial charge in [0.25, 0.3) is 5.91 Å². The Kier molecular flexibility index (Phi) is 4.06. The van der Waals surface area contributed by atoms with E-state index in [1.165, 1.54) is 0 Å². The van der Waals surface area contributed by atoms with Gasteiger partial charge in [0.2, 0.25) is 5.91 Å². The zero-order valence-corrected chi connectivity index (χ0v) is 13.2. The number of carbonyl (C=O) groups is 2. The summed E-state index contributed by atoms with van der Waals surface area (Å²) in [7, 11) is 3.37. The fraction of sp³-hybridized carbons (Fsp3) is 0.294. The third-order valence-corrected chi connectivity index (χ3v) is 3.98. The quantitative estimate of drug-likeness (QED) is 0.943. The minimum absolute atomic E-state index is 0.101. The molecule has 0 spiro atoms. The zero-order chi connectivity index (χ0) is 16.4. The van der Waals surface area contributed by atoms with E-state index in [0.717, 1.165) is 12.1 Å². The Morgan fingerprint density at radius 2 is 2.13 bits per heavy atom. The number of ether oxygens (including phenoxy) is 1. The van der Waals surface area contributed by atoms with Gasteiger partial charge in [-0.1, -0.05) is 0 Å². The number of hydrogen-bond donors (Lipinski definition) is 1. The maximum atomic E-state index is 12.3. The molecule has 1 aromatic carbocycles. The van der Waals surface area contributed by atoms with Crippen LogP contribution in [0.4, 0.5) is 11.4 Å². The van der Waals surface area contributed by atoms with Crippen molar-refractivity contribution in [2.24, 2.45) is 7.05 Å². The fourth-order valence-corrected chi connectivity index (χ4v) is 2.77. The standard InChI is InChI=1S/C17H19N3O3/c1-19-9-3-5-14(19)17(22)18-12-7-8-13(15(11-12)23-2)20-10-4-6-16(20)21/h3,5,7-9,11H,4,6,10H2,1-2H3,(H,18,22). The Labute approximate surface area is 134 Å². The molecular formula is C17H19N3O3. The van der Waals surface area contributed by atoms with E-state index in [9.17, 15) is 9.59 Å². The number of amides is 2. The number of benzene rings is 1. The Hall–Kier alpha value is -2.76. The van der Waals surface area contributed by atoms with Gasteiger partial charge >= 0.3 is 0 Å². The smallest absolute Gasteiger partial charge is 0.272 e. The molecule has 0 unspecified atom stereocenters. The van der Waals surface area contributed by atoms with E-state index in [0.29, 0.717) is 30.1 Å². The Morgan fingerprint density at radius 1 is 1.30 bits per heavy atom. The van der Waals surface area contributed by atoms with Gasteiger partial charge in [0.1, 0.15) is 11.4 Å². The molecule has 6 heteroatoms. The SMILES string of the molecule is COc1cc(NC(=O)c2cccn2C)ccc1N1CCCC1=O. The summed E-state index contributed by atoms with van der Waals surface area (Å²) >= 11 is 0. The van der Waals surface area contributed by atoms with E-state index >= 15 is 0 Å². The van der Waals surface area contributed by atoms with E-state index in [2.05, 4.69) is 5.32 Å². The predicted molar refractivity (Wildman–Crippen MR) is 87.9 cm³/mol. The average molecular weight is 313 g/mol. The summed E-state index contributed by atoms with van der Waals surface area (Å²) in [5.41, 5.74) is 1.94. The monoisotopic (exact) mass is 313 g/mol. The van der Waals surface area contributed by atoms with Crippen molar-refractivity contribution >= 4 is 23.2 Å². The van der Waals surface area contributed by atoms with Crippen LogP contribution in [0.2, 0.25) is 0 Å². The maximum absolute atomic E-state index is 12.3. The predicted octanol–water partition coefficient (Wildman–Crippen LogP) is 2.41. The van der Waals surface area contributed by atoms with Crippen LogP contribution in [-0.2, 0) is 11.8 Å². The van der Waals surface area contributed by atoms with Crippen LogP contribution in [0.1, 0.15) is 23.3 Å². The molecule has 6 nitrogen and oxygen atoms in total. The second kappa shape index (κ2) is 6.16. The molecule has 1 saturated heterocycles. The first-order valence-electron chi connectivity index (χ1n) is 7.51. The van der Waals surface area contributed by atoms with E-state index in [1.807, 2.05) is 25.4 Å². The highest BCUT2D eigenvalue weighted by Crippen LogP contribution is 2.33. The number of aromatic nitrogens is 1. The number of nitrogens with zero attached hydrogens (tertiary/aromatic N) is 2. The molecule has 1 aromatic heterocycles. The molecule has 23 heavy (non-hydrogen) atoms. The lowest BCUT2D eigenvalue weighted by Gasteiger charge is -2.19. The summed E-state index contributed by atoms with van der Waals surface area (Å²) in [6.45, 7) is 0.699. The third-order valence-electron chi connectivity index (χ3n) is 3.98. The van der Waals surface area contributed by atoms with E-state index in [4.69, 9.17) is 4.74 Å². The number of nitrogens with one attached hydrogen (secondary N) is 1. The maximum Gasteiger partial charge on any atom is 0.272 e. The number of carbonyl (C=O) groups excluding carboxylic acids is 2. The molecule has 0 radical (unpaired) electrons. The van der Waals surface area contributed by atoms with E-state index in [-0.39, 0.29) is 11.8 Å². The van der Waals surface area contributed by atoms with Crippen LogP contribution in [-0.4, -0.2) is 30.0 Å². The molecule has 1 aliphatic rings. The highest BCUT2D eigenvalue weighted by molar-refractivity contribution is 6.04. The summed E-state index contributed by atoms with van der Waals surface area (Å²) in [6.07, 6.45) is 3.24. The number of aryl methyl sites for hydroxylation is 1. The van der Waals surface area contributed by atoms with Crippen molar-refractivity contribution in [3.8, 4) is 5.75 Å². The van der Waals surface area contributed by atoms with Gasteiger partial charge in [-0.05, 0) is 30.7 Å². The van der Waals surface area contributed by atoms with Crippen LogP contribution in [0.25, 0.3) is 0 Å². The summed E-state index contributed by atoms with van der Waals surface area (Å²) in [4.78, 5) is 25.9. The molecule has 0 atom stereocenters. The normalized spacial score (nSPS) is 14.2. The van der Waals surface area contributed by atoms with Crippen molar-refractivity contribution in [2.45, 2.75) is 12.8 Å². The zero-order valence-electron chi connectivity index (χ0n) is 13.2. The van der Waals surface area contributed by atoms with Gasteiger partial charge < -0.3 is 19.5 Å². The van der Waals surface area contributed by atoms with E-state index < -0.39 is 0 Å². The van der Waals surface area contributed by atoms with Crippen molar-refractivity contribution in [3.05, 3.63) is 42.2 Å². The van der Waals surface area contributed by atoms with Crippen molar-refractivity contribution in [3.63, 3.8) is 0 Å². The third kappa shape index (κ3) is 2.92. The number of methoxy groups -OCH3 is 1. The van der Waals surface area contributed by atoms with Gasteiger partial charge in [-0.2, -0.15) is 0 Å². The molecule has 0 aliphatic carbocycles. The highest BCUT2D eigenvalue weighted by Gasteiger charge is 2.24. The molecular weight excluding hydrogens is 294 g/mol. The molecule has 3 rings (SSSR count). The van der Waals surface area contributed by atoms with Gasteiger partial charge in [-0.25, -0.2) is 0 Å². The fourth-order valence-electron chi connectivity index (χ4n) is 2.77. The first-order chi connectivity index (χ1) is 11.1.